The van der Waals surface area contributed by atoms with E-state index in [-0.39, 0.29) is 22.4 Å². The number of aryl methyl sites for hydroxylation is 1. The van der Waals surface area contributed by atoms with E-state index in [1.165, 1.54) is 36.0 Å². The van der Waals surface area contributed by atoms with Gasteiger partial charge in [-0.2, -0.15) is 0 Å². The topological polar surface area (TPSA) is 80.2 Å². The third-order valence-electron chi connectivity index (χ3n) is 4.11. The molecule has 0 fully saturated rings. The Labute approximate surface area is 149 Å². The molecule has 0 radical (unpaired) electrons. The number of hydrogen-bond donors (Lipinski definition) is 2. The number of thioether (sulfide) groups is 1. The first kappa shape index (κ1) is 18.0. The summed E-state index contributed by atoms with van der Waals surface area (Å²) in [6.45, 7) is 0. The van der Waals surface area contributed by atoms with Gasteiger partial charge < -0.3 is 9.88 Å². The van der Waals surface area contributed by atoms with Crippen LogP contribution in [0.15, 0.2) is 40.3 Å². The van der Waals surface area contributed by atoms with Crippen molar-refractivity contribution in [2.24, 2.45) is 7.05 Å². The zero-order chi connectivity index (χ0) is 18.2. The first-order valence-corrected chi connectivity index (χ1v) is 10.1. The van der Waals surface area contributed by atoms with Gasteiger partial charge >= 0.3 is 0 Å². The minimum atomic E-state index is -3.62. The molecule has 2 aromatic rings. The van der Waals surface area contributed by atoms with E-state index in [1.807, 2.05) is 0 Å². The van der Waals surface area contributed by atoms with Crippen LogP contribution in [0.5, 0.6) is 0 Å². The number of nitrogens with one attached hydrogen (secondary N) is 2. The van der Waals surface area contributed by atoms with Crippen LogP contribution in [0.2, 0.25) is 0 Å². The second-order valence-electron chi connectivity index (χ2n) is 5.72. The summed E-state index contributed by atoms with van der Waals surface area (Å²) in [5, 5.41) is 2.89. The van der Waals surface area contributed by atoms with Crippen molar-refractivity contribution in [3.05, 3.63) is 47.5 Å². The molecule has 6 nitrogen and oxygen atoms in total. The molecule has 134 valence electrons. The standard InChI is InChI=1S/C16H18FN3O3S2/c1-18-25(22,23)11-8-14(20(2)9-11)16(21)19-13-5-6-24-15-4-3-10(17)7-12(13)15/h3-4,7-9,13,18H,5-6H2,1-2H3,(H,19,21)/t13-/m0/s1. The van der Waals surface area contributed by atoms with Gasteiger partial charge in [-0.25, -0.2) is 17.5 Å². The van der Waals surface area contributed by atoms with Crippen LogP contribution in [0.1, 0.15) is 28.5 Å². The van der Waals surface area contributed by atoms with E-state index in [0.29, 0.717) is 6.42 Å². The number of benzene rings is 1. The molecule has 2 N–H and O–H groups in total. The van der Waals surface area contributed by atoms with E-state index in [0.717, 1.165) is 16.2 Å². The molecule has 1 aliphatic rings. The fraction of sp³-hybridized carbons (Fsp3) is 0.312. The fourth-order valence-corrected chi connectivity index (χ4v) is 4.68. The van der Waals surface area contributed by atoms with Crippen LogP contribution >= 0.6 is 11.8 Å². The van der Waals surface area contributed by atoms with E-state index >= 15 is 0 Å². The first-order chi connectivity index (χ1) is 11.8. The van der Waals surface area contributed by atoms with Crippen LogP contribution < -0.4 is 10.0 Å². The van der Waals surface area contributed by atoms with Crippen LogP contribution in [0.3, 0.4) is 0 Å². The number of sulfonamides is 1. The quantitative estimate of drug-likeness (QED) is 0.847. The summed E-state index contributed by atoms with van der Waals surface area (Å²) < 4.78 is 41.0. The second kappa shape index (κ2) is 6.81. The van der Waals surface area contributed by atoms with Crippen molar-refractivity contribution in [2.75, 3.05) is 12.8 Å². The zero-order valence-electron chi connectivity index (χ0n) is 13.7. The smallest absolute Gasteiger partial charge is 0.268 e. The molecular weight excluding hydrogens is 365 g/mol. The van der Waals surface area contributed by atoms with Gasteiger partial charge in [0.15, 0.2) is 0 Å². The lowest BCUT2D eigenvalue weighted by atomic mass is 10.0. The van der Waals surface area contributed by atoms with Gasteiger partial charge in [0, 0.05) is 23.9 Å². The summed E-state index contributed by atoms with van der Waals surface area (Å²) >= 11 is 1.63. The lowest BCUT2D eigenvalue weighted by molar-refractivity contribution is 0.0926. The van der Waals surface area contributed by atoms with Crippen molar-refractivity contribution in [3.8, 4) is 0 Å². The van der Waals surface area contributed by atoms with Crippen LogP contribution in [-0.4, -0.2) is 31.7 Å². The molecule has 0 aliphatic carbocycles. The lowest BCUT2D eigenvalue weighted by Gasteiger charge is -2.26. The first-order valence-electron chi connectivity index (χ1n) is 7.65. The maximum absolute atomic E-state index is 13.6. The highest BCUT2D eigenvalue weighted by molar-refractivity contribution is 7.99. The summed E-state index contributed by atoms with van der Waals surface area (Å²) in [7, 11) is -0.707. The molecule has 0 saturated carbocycles. The van der Waals surface area contributed by atoms with Gasteiger partial charge in [-0.3, -0.25) is 4.79 Å². The molecule has 1 aromatic heterocycles. The molecule has 0 saturated heterocycles. The minimum absolute atomic E-state index is 0.0216. The van der Waals surface area contributed by atoms with Crippen LogP contribution in [-0.2, 0) is 17.1 Å². The van der Waals surface area contributed by atoms with E-state index in [4.69, 9.17) is 0 Å². The molecule has 1 aliphatic heterocycles. The number of aromatic nitrogens is 1. The maximum Gasteiger partial charge on any atom is 0.268 e. The van der Waals surface area contributed by atoms with Crippen molar-refractivity contribution in [3.63, 3.8) is 0 Å². The number of amides is 1. The molecule has 1 amide bonds. The molecular formula is C16H18FN3O3S2. The molecule has 25 heavy (non-hydrogen) atoms. The molecule has 3 rings (SSSR count). The minimum Gasteiger partial charge on any atom is -0.345 e. The monoisotopic (exact) mass is 383 g/mol. The summed E-state index contributed by atoms with van der Waals surface area (Å²) in [6.07, 6.45) is 2.06. The maximum atomic E-state index is 13.6. The predicted molar refractivity (Wildman–Crippen MR) is 93.6 cm³/mol. The average molecular weight is 383 g/mol. The third kappa shape index (κ3) is 3.58. The Morgan fingerprint density at radius 3 is 2.84 bits per heavy atom. The van der Waals surface area contributed by atoms with E-state index in [1.54, 1.807) is 24.9 Å². The molecule has 1 aromatic carbocycles. The van der Waals surface area contributed by atoms with Crippen molar-refractivity contribution in [2.45, 2.75) is 22.3 Å². The molecule has 0 unspecified atom stereocenters. The van der Waals surface area contributed by atoms with Gasteiger partial charge in [-0.1, -0.05) is 0 Å². The summed E-state index contributed by atoms with van der Waals surface area (Å²) in [5.41, 5.74) is 0.979. The van der Waals surface area contributed by atoms with E-state index in [2.05, 4.69) is 10.0 Å². The van der Waals surface area contributed by atoms with Gasteiger partial charge in [-0.15, -0.1) is 11.8 Å². The van der Waals surface area contributed by atoms with Gasteiger partial charge in [0.2, 0.25) is 10.0 Å². The number of fused-ring (bicyclic) bond motifs is 1. The van der Waals surface area contributed by atoms with Crippen molar-refractivity contribution < 1.29 is 17.6 Å². The van der Waals surface area contributed by atoms with Gasteiger partial charge in [0.05, 0.1) is 6.04 Å². The second-order valence-corrected chi connectivity index (χ2v) is 8.75. The number of halogens is 1. The molecule has 0 spiro atoms. The Hall–Kier alpha value is -1.84. The molecule has 1 atom stereocenters. The van der Waals surface area contributed by atoms with Crippen LogP contribution in [0.4, 0.5) is 4.39 Å². The molecule has 9 heteroatoms. The Balaban J connectivity index is 1.86. The largest absolute Gasteiger partial charge is 0.345 e. The average Bonchev–Trinajstić information content (AvgIpc) is 2.98. The highest BCUT2D eigenvalue weighted by Gasteiger charge is 2.25. The summed E-state index contributed by atoms with van der Waals surface area (Å²) in [4.78, 5) is 13.6. The van der Waals surface area contributed by atoms with Crippen molar-refractivity contribution in [1.29, 1.82) is 0 Å². The van der Waals surface area contributed by atoms with E-state index in [9.17, 15) is 17.6 Å². The van der Waals surface area contributed by atoms with Crippen LogP contribution in [0, 0.1) is 5.82 Å². The predicted octanol–water partition coefficient (Wildman–Crippen LogP) is 2.04. The normalized spacial score (nSPS) is 17.2. The highest BCUT2D eigenvalue weighted by Crippen LogP contribution is 2.36. The number of carbonyl (C=O) groups excluding carboxylic acids is 1. The van der Waals surface area contributed by atoms with Gasteiger partial charge in [0.1, 0.15) is 16.4 Å². The molecule has 0 bridgehead atoms. The number of hydrogen-bond acceptors (Lipinski definition) is 4. The summed E-state index contributed by atoms with van der Waals surface area (Å²) in [6, 6.07) is 5.58. The Morgan fingerprint density at radius 1 is 1.36 bits per heavy atom. The Kier molecular flexibility index (Phi) is 4.90. The van der Waals surface area contributed by atoms with Gasteiger partial charge in [0.25, 0.3) is 5.91 Å². The number of carbonyl (C=O) groups is 1. The summed E-state index contributed by atoms with van der Waals surface area (Å²) in [5.74, 6) is 0.0738. The Bertz CT molecular complexity index is 925. The fourth-order valence-electron chi connectivity index (χ4n) is 2.77. The lowest BCUT2D eigenvalue weighted by Crippen LogP contribution is -2.31. The Morgan fingerprint density at radius 2 is 2.12 bits per heavy atom. The van der Waals surface area contributed by atoms with Crippen LogP contribution in [0.25, 0.3) is 0 Å². The number of rotatable bonds is 4. The highest BCUT2D eigenvalue weighted by atomic mass is 32.2. The molecule has 2 heterocycles. The van der Waals surface area contributed by atoms with Crippen molar-refractivity contribution in [1.82, 2.24) is 14.6 Å². The zero-order valence-corrected chi connectivity index (χ0v) is 15.4. The van der Waals surface area contributed by atoms with Crippen molar-refractivity contribution >= 4 is 27.7 Å². The van der Waals surface area contributed by atoms with Gasteiger partial charge in [-0.05, 0) is 43.3 Å². The van der Waals surface area contributed by atoms with E-state index < -0.39 is 15.9 Å². The SMILES string of the molecule is CNS(=O)(=O)c1cc(C(=O)N[C@H]2CCSc3ccc(F)cc32)n(C)c1. The number of nitrogens with zero attached hydrogens (tertiary/aromatic N) is 1. The third-order valence-corrected chi connectivity index (χ3v) is 6.61.